The van der Waals surface area contributed by atoms with Crippen molar-refractivity contribution in [1.29, 1.82) is 0 Å². The van der Waals surface area contributed by atoms with Gasteiger partial charge in [-0.2, -0.15) is 15.0 Å². The Hall–Kier alpha value is -1.82. The van der Waals surface area contributed by atoms with Crippen molar-refractivity contribution in [1.82, 2.24) is 15.0 Å². The van der Waals surface area contributed by atoms with E-state index in [2.05, 4.69) is 27.2 Å². The Morgan fingerprint density at radius 3 is 2.67 bits per heavy atom. The number of nitrogen functional groups attached to an aromatic ring is 1. The van der Waals surface area contributed by atoms with Gasteiger partial charge in [0.15, 0.2) is 5.16 Å². The minimum atomic E-state index is 0.238. The average molecular weight is 261 g/mol. The smallest absolute Gasteiger partial charge is 0.228 e. The molecule has 1 aromatic carbocycles. The molecule has 2 aromatic rings. The molecule has 0 amide bonds. The largest absolute Gasteiger partial charge is 0.368 e. The van der Waals surface area contributed by atoms with Gasteiger partial charge in [-0.25, -0.2) is 0 Å². The van der Waals surface area contributed by atoms with Gasteiger partial charge in [-0.05, 0) is 30.3 Å². The Labute approximate surface area is 110 Å². The second-order valence-corrected chi connectivity index (χ2v) is 4.68. The molecule has 6 heteroatoms. The molecule has 0 atom stereocenters. The molecular weight excluding hydrogens is 246 g/mol. The number of rotatable bonds is 5. The van der Waals surface area contributed by atoms with Crippen molar-refractivity contribution < 1.29 is 0 Å². The number of aromatic nitrogens is 3. The molecule has 94 valence electrons. The van der Waals surface area contributed by atoms with Gasteiger partial charge in [-0.3, -0.25) is 0 Å². The SMILES string of the molecule is CCCNc1nc(N)nc(Sc2ccccc2)n1. The molecule has 5 nitrogen and oxygen atoms in total. The summed E-state index contributed by atoms with van der Waals surface area (Å²) in [6.45, 7) is 2.90. The minimum Gasteiger partial charge on any atom is -0.368 e. The van der Waals surface area contributed by atoms with Crippen LogP contribution in [0.1, 0.15) is 13.3 Å². The molecule has 0 radical (unpaired) electrons. The number of benzene rings is 1. The van der Waals surface area contributed by atoms with E-state index in [1.807, 2.05) is 30.3 Å². The zero-order valence-corrected chi connectivity index (χ0v) is 10.9. The van der Waals surface area contributed by atoms with Gasteiger partial charge in [0.1, 0.15) is 0 Å². The lowest BCUT2D eigenvalue weighted by Gasteiger charge is -2.05. The first kappa shape index (κ1) is 12.6. The zero-order valence-electron chi connectivity index (χ0n) is 10.1. The molecule has 0 fully saturated rings. The maximum Gasteiger partial charge on any atom is 0.228 e. The van der Waals surface area contributed by atoms with Crippen LogP contribution in [0.2, 0.25) is 0 Å². The van der Waals surface area contributed by atoms with Gasteiger partial charge in [-0.1, -0.05) is 25.1 Å². The summed E-state index contributed by atoms with van der Waals surface area (Å²) in [5, 5.41) is 3.71. The third kappa shape index (κ3) is 3.59. The van der Waals surface area contributed by atoms with Crippen LogP contribution >= 0.6 is 11.8 Å². The predicted octanol–water partition coefficient (Wildman–Crippen LogP) is 2.43. The van der Waals surface area contributed by atoms with Crippen LogP contribution in [0.3, 0.4) is 0 Å². The lowest BCUT2D eigenvalue weighted by atomic mass is 10.4. The highest BCUT2D eigenvalue weighted by molar-refractivity contribution is 7.99. The van der Waals surface area contributed by atoms with E-state index in [0.29, 0.717) is 11.1 Å². The molecule has 0 spiro atoms. The number of nitrogens with two attached hydrogens (primary N) is 1. The van der Waals surface area contributed by atoms with Crippen molar-refractivity contribution in [3.63, 3.8) is 0 Å². The van der Waals surface area contributed by atoms with Crippen molar-refractivity contribution >= 4 is 23.7 Å². The fourth-order valence-electron chi connectivity index (χ4n) is 1.33. The fraction of sp³-hybridized carbons (Fsp3) is 0.250. The van der Waals surface area contributed by atoms with Crippen molar-refractivity contribution in [2.24, 2.45) is 0 Å². The Morgan fingerprint density at radius 2 is 1.94 bits per heavy atom. The third-order valence-corrected chi connectivity index (χ3v) is 2.99. The molecular formula is C12H15N5S. The summed E-state index contributed by atoms with van der Waals surface area (Å²) in [6, 6.07) is 9.93. The fourth-order valence-corrected chi connectivity index (χ4v) is 2.10. The summed E-state index contributed by atoms with van der Waals surface area (Å²) in [5.74, 6) is 0.768. The van der Waals surface area contributed by atoms with E-state index in [4.69, 9.17) is 5.73 Å². The first-order valence-corrected chi connectivity index (χ1v) is 6.58. The van der Waals surface area contributed by atoms with Crippen LogP contribution in [-0.4, -0.2) is 21.5 Å². The lowest BCUT2D eigenvalue weighted by Crippen LogP contribution is -2.08. The maximum absolute atomic E-state index is 5.67. The van der Waals surface area contributed by atoms with Crippen LogP contribution < -0.4 is 11.1 Å². The summed E-state index contributed by atoms with van der Waals surface area (Å²) in [6.07, 6.45) is 1.01. The Morgan fingerprint density at radius 1 is 1.17 bits per heavy atom. The van der Waals surface area contributed by atoms with Gasteiger partial charge < -0.3 is 11.1 Å². The van der Waals surface area contributed by atoms with E-state index >= 15 is 0 Å². The Kier molecular flexibility index (Phi) is 4.35. The summed E-state index contributed by atoms with van der Waals surface area (Å²) in [5.41, 5.74) is 5.67. The summed E-state index contributed by atoms with van der Waals surface area (Å²) in [4.78, 5) is 13.5. The van der Waals surface area contributed by atoms with E-state index in [9.17, 15) is 0 Å². The van der Waals surface area contributed by atoms with E-state index in [1.165, 1.54) is 11.8 Å². The predicted molar refractivity (Wildman–Crippen MR) is 73.6 cm³/mol. The van der Waals surface area contributed by atoms with E-state index in [-0.39, 0.29) is 5.95 Å². The van der Waals surface area contributed by atoms with Crippen LogP contribution in [-0.2, 0) is 0 Å². The standard InChI is InChI=1S/C12H15N5S/c1-2-8-14-11-15-10(13)16-12(17-11)18-9-6-4-3-5-7-9/h3-7H,2,8H2,1H3,(H3,13,14,15,16,17). The molecule has 1 aromatic heterocycles. The molecule has 0 saturated carbocycles. The number of hydrogen-bond acceptors (Lipinski definition) is 6. The van der Waals surface area contributed by atoms with Crippen molar-refractivity contribution in [2.45, 2.75) is 23.4 Å². The highest BCUT2D eigenvalue weighted by Gasteiger charge is 2.05. The second kappa shape index (κ2) is 6.20. The van der Waals surface area contributed by atoms with Gasteiger partial charge >= 0.3 is 0 Å². The third-order valence-electron chi connectivity index (χ3n) is 2.12. The molecule has 3 N–H and O–H groups in total. The van der Waals surface area contributed by atoms with Crippen molar-refractivity contribution in [2.75, 3.05) is 17.6 Å². The molecule has 0 bridgehead atoms. The molecule has 0 aliphatic rings. The highest BCUT2D eigenvalue weighted by atomic mass is 32.2. The lowest BCUT2D eigenvalue weighted by molar-refractivity contribution is 0.887. The maximum atomic E-state index is 5.67. The van der Waals surface area contributed by atoms with Gasteiger partial charge in [0.25, 0.3) is 0 Å². The van der Waals surface area contributed by atoms with Crippen LogP contribution in [0, 0.1) is 0 Å². The van der Waals surface area contributed by atoms with Crippen LogP contribution in [0.5, 0.6) is 0 Å². The Balaban J connectivity index is 2.15. The van der Waals surface area contributed by atoms with Gasteiger partial charge in [-0.15, -0.1) is 0 Å². The summed E-state index contributed by atoms with van der Waals surface area (Å²) in [7, 11) is 0. The summed E-state index contributed by atoms with van der Waals surface area (Å²) < 4.78 is 0. The van der Waals surface area contributed by atoms with E-state index in [1.54, 1.807) is 0 Å². The van der Waals surface area contributed by atoms with Crippen LogP contribution in [0.15, 0.2) is 40.4 Å². The van der Waals surface area contributed by atoms with Crippen LogP contribution in [0.4, 0.5) is 11.9 Å². The van der Waals surface area contributed by atoms with Crippen molar-refractivity contribution in [3.8, 4) is 0 Å². The molecule has 0 unspecified atom stereocenters. The zero-order chi connectivity index (χ0) is 12.8. The van der Waals surface area contributed by atoms with Crippen LogP contribution in [0.25, 0.3) is 0 Å². The molecule has 0 aliphatic heterocycles. The second-order valence-electron chi connectivity index (χ2n) is 3.64. The van der Waals surface area contributed by atoms with E-state index in [0.717, 1.165) is 17.9 Å². The number of hydrogen-bond donors (Lipinski definition) is 2. The topological polar surface area (TPSA) is 76.7 Å². The van der Waals surface area contributed by atoms with Crippen molar-refractivity contribution in [3.05, 3.63) is 30.3 Å². The van der Waals surface area contributed by atoms with E-state index < -0.39 is 0 Å². The number of anilines is 2. The van der Waals surface area contributed by atoms with Gasteiger partial charge in [0, 0.05) is 11.4 Å². The number of nitrogens with one attached hydrogen (secondary N) is 1. The molecule has 0 aliphatic carbocycles. The molecule has 1 heterocycles. The molecule has 0 saturated heterocycles. The van der Waals surface area contributed by atoms with Gasteiger partial charge in [0.2, 0.25) is 11.9 Å². The summed E-state index contributed by atoms with van der Waals surface area (Å²) >= 11 is 1.47. The first-order valence-electron chi connectivity index (χ1n) is 5.76. The Bertz CT molecular complexity index is 503. The number of nitrogens with zero attached hydrogens (tertiary/aromatic N) is 3. The molecule has 18 heavy (non-hydrogen) atoms. The average Bonchev–Trinajstić information content (AvgIpc) is 2.37. The normalized spacial score (nSPS) is 10.3. The quantitative estimate of drug-likeness (QED) is 0.860. The van der Waals surface area contributed by atoms with Gasteiger partial charge in [0.05, 0.1) is 0 Å². The first-order chi connectivity index (χ1) is 8.78. The highest BCUT2D eigenvalue weighted by Crippen LogP contribution is 2.24. The molecule has 2 rings (SSSR count). The minimum absolute atomic E-state index is 0.238. The monoisotopic (exact) mass is 261 g/mol.